The van der Waals surface area contributed by atoms with Crippen molar-refractivity contribution in [3.05, 3.63) is 72.3 Å². The van der Waals surface area contributed by atoms with Crippen LogP contribution in [0.4, 0.5) is 11.5 Å². The third-order valence-corrected chi connectivity index (χ3v) is 6.40. The SMILES string of the molecule is CC(C)Nc1cncc(-c2ccc3nnc(CC(=O)c4ccnc(N5CCN(C)CC5)c4)cc3c2)c1. The van der Waals surface area contributed by atoms with Crippen molar-refractivity contribution in [3.63, 3.8) is 0 Å². The fourth-order valence-electron chi connectivity index (χ4n) is 4.43. The minimum atomic E-state index is 0.00856. The summed E-state index contributed by atoms with van der Waals surface area (Å²) >= 11 is 0. The molecule has 1 aliphatic heterocycles. The maximum atomic E-state index is 13.1. The van der Waals surface area contributed by atoms with Crippen molar-refractivity contribution in [3.8, 4) is 11.1 Å². The largest absolute Gasteiger partial charge is 0.382 e. The number of ketones is 1. The van der Waals surface area contributed by atoms with Gasteiger partial charge in [-0.3, -0.25) is 9.78 Å². The Labute approximate surface area is 211 Å². The van der Waals surface area contributed by atoms with Gasteiger partial charge in [0, 0.05) is 67.3 Å². The third-order valence-electron chi connectivity index (χ3n) is 6.40. The number of benzene rings is 1. The molecule has 0 amide bonds. The molecule has 1 aromatic carbocycles. The molecule has 1 N–H and O–H groups in total. The fraction of sp³-hybridized carbons (Fsp3) is 0.321. The van der Waals surface area contributed by atoms with Crippen molar-refractivity contribution < 1.29 is 4.79 Å². The lowest BCUT2D eigenvalue weighted by atomic mass is 10.0. The summed E-state index contributed by atoms with van der Waals surface area (Å²) in [7, 11) is 2.12. The van der Waals surface area contributed by atoms with Crippen LogP contribution in [0.15, 0.2) is 61.1 Å². The molecule has 1 aliphatic rings. The van der Waals surface area contributed by atoms with Crippen molar-refractivity contribution in [2.24, 2.45) is 0 Å². The number of piperazine rings is 1. The Bertz CT molecular complexity index is 1380. The van der Waals surface area contributed by atoms with Crippen LogP contribution in [0, 0.1) is 0 Å². The summed E-state index contributed by atoms with van der Waals surface area (Å²) in [6, 6.07) is 14.1. The summed E-state index contributed by atoms with van der Waals surface area (Å²) in [6.45, 7) is 8.00. The van der Waals surface area contributed by atoms with Crippen LogP contribution in [0.5, 0.6) is 0 Å². The van der Waals surface area contributed by atoms with Crippen LogP contribution in [-0.4, -0.2) is 70.1 Å². The third kappa shape index (κ3) is 5.49. The molecule has 1 saturated heterocycles. The van der Waals surface area contributed by atoms with E-state index in [2.05, 4.69) is 68.3 Å². The highest BCUT2D eigenvalue weighted by atomic mass is 16.1. The van der Waals surface area contributed by atoms with Gasteiger partial charge in [0.2, 0.25) is 0 Å². The first-order valence-electron chi connectivity index (χ1n) is 12.4. The van der Waals surface area contributed by atoms with Gasteiger partial charge in [0.15, 0.2) is 5.78 Å². The number of fused-ring (bicyclic) bond motifs is 1. The number of aromatic nitrogens is 4. The number of likely N-dealkylation sites (N-methyl/N-ethyl adjacent to an activating group) is 1. The first-order valence-corrected chi connectivity index (χ1v) is 12.4. The normalized spacial score (nSPS) is 14.4. The molecule has 36 heavy (non-hydrogen) atoms. The molecular weight excluding hydrogens is 450 g/mol. The number of hydrogen-bond donors (Lipinski definition) is 1. The number of rotatable bonds is 7. The number of nitrogens with one attached hydrogen (secondary N) is 1. The van der Waals surface area contributed by atoms with Crippen molar-refractivity contribution in [2.75, 3.05) is 43.4 Å². The summed E-state index contributed by atoms with van der Waals surface area (Å²) < 4.78 is 0. The Kier molecular flexibility index (Phi) is 6.86. The van der Waals surface area contributed by atoms with E-state index in [1.165, 1.54) is 0 Å². The highest BCUT2D eigenvalue weighted by Gasteiger charge is 2.17. The van der Waals surface area contributed by atoms with Crippen LogP contribution < -0.4 is 10.2 Å². The predicted octanol–water partition coefficient (Wildman–Crippen LogP) is 4.08. The van der Waals surface area contributed by atoms with E-state index < -0.39 is 0 Å². The molecule has 0 saturated carbocycles. The van der Waals surface area contributed by atoms with Gasteiger partial charge in [-0.25, -0.2) is 4.98 Å². The van der Waals surface area contributed by atoms with E-state index in [-0.39, 0.29) is 12.2 Å². The van der Waals surface area contributed by atoms with E-state index in [0.29, 0.717) is 17.3 Å². The van der Waals surface area contributed by atoms with E-state index in [1.807, 2.05) is 36.7 Å². The van der Waals surface area contributed by atoms with E-state index in [0.717, 1.165) is 59.7 Å². The average molecular weight is 482 g/mol. The van der Waals surface area contributed by atoms with Gasteiger partial charge in [0.1, 0.15) is 5.82 Å². The molecule has 8 nitrogen and oxygen atoms in total. The number of carbonyl (C=O) groups is 1. The van der Waals surface area contributed by atoms with Crippen molar-refractivity contribution in [1.82, 2.24) is 25.1 Å². The monoisotopic (exact) mass is 481 g/mol. The lowest BCUT2D eigenvalue weighted by molar-refractivity contribution is 0.0991. The van der Waals surface area contributed by atoms with Gasteiger partial charge in [-0.2, -0.15) is 10.2 Å². The van der Waals surface area contributed by atoms with Gasteiger partial charge in [-0.1, -0.05) is 6.07 Å². The average Bonchev–Trinajstić information content (AvgIpc) is 2.88. The molecule has 0 atom stereocenters. The summed E-state index contributed by atoms with van der Waals surface area (Å²) in [4.78, 5) is 26.5. The lowest BCUT2D eigenvalue weighted by Gasteiger charge is -2.33. The molecule has 0 unspecified atom stereocenters. The van der Waals surface area contributed by atoms with Crippen LogP contribution in [0.2, 0.25) is 0 Å². The van der Waals surface area contributed by atoms with Crippen LogP contribution >= 0.6 is 0 Å². The molecule has 0 aliphatic carbocycles. The zero-order valence-electron chi connectivity index (χ0n) is 21.0. The molecule has 4 heterocycles. The van der Waals surface area contributed by atoms with Gasteiger partial charge in [-0.05, 0) is 62.9 Å². The minimum Gasteiger partial charge on any atom is -0.382 e. The second-order valence-corrected chi connectivity index (χ2v) is 9.66. The van der Waals surface area contributed by atoms with Gasteiger partial charge >= 0.3 is 0 Å². The fourth-order valence-corrected chi connectivity index (χ4v) is 4.43. The van der Waals surface area contributed by atoms with E-state index >= 15 is 0 Å². The topological polar surface area (TPSA) is 87.1 Å². The summed E-state index contributed by atoms with van der Waals surface area (Å²) in [6.07, 6.45) is 5.59. The highest BCUT2D eigenvalue weighted by molar-refractivity contribution is 5.98. The lowest BCUT2D eigenvalue weighted by Crippen LogP contribution is -2.44. The molecular formula is C28H31N7O. The van der Waals surface area contributed by atoms with Crippen molar-refractivity contribution in [2.45, 2.75) is 26.3 Å². The summed E-state index contributed by atoms with van der Waals surface area (Å²) in [5.41, 5.74) is 5.13. The molecule has 0 bridgehead atoms. The Morgan fingerprint density at radius 2 is 1.81 bits per heavy atom. The smallest absolute Gasteiger partial charge is 0.169 e. The zero-order chi connectivity index (χ0) is 25.1. The van der Waals surface area contributed by atoms with Crippen LogP contribution in [-0.2, 0) is 6.42 Å². The van der Waals surface area contributed by atoms with E-state index in [4.69, 9.17) is 0 Å². The minimum absolute atomic E-state index is 0.00856. The number of hydrogen-bond acceptors (Lipinski definition) is 8. The number of carbonyl (C=O) groups excluding carboxylic acids is 1. The van der Waals surface area contributed by atoms with Crippen LogP contribution in [0.25, 0.3) is 22.0 Å². The van der Waals surface area contributed by atoms with Gasteiger partial charge < -0.3 is 15.1 Å². The first-order chi connectivity index (χ1) is 17.4. The van der Waals surface area contributed by atoms with Gasteiger partial charge in [0.25, 0.3) is 0 Å². The predicted molar refractivity (Wildman–Crippen MR) is 144 cm³/mol. The van der Waals surface area contributed by atoms with Gasteiger partial charge in [-0.15, -0.1) is 0 Å². The summed E-state index contributed by atoms with van der Waals surface area (Å²) in [5, 5.41) is 13.0. The van der Waals surface area contributed by atoms with Crippen molar-refractivity contribution in [1.29, 1.82) is 0 Å². The van der Waals surface area contributed by atoms with Crippen LogP contribution in [0.3, 0.4) is 0 Å². The first kappa shape index (κ1) is 23.8. The number of nitrogens with zero attached hydrogens (tertiary/aromatic N) is 6. The van der Waals surface area contributed by atoms with E-state index in [9.17, 15) is 4.79 Å². The second kappa shape index (κ2) is 10.4. The Hall–Kier alpha value is -3.91. The number of Topliss-reactive ketones (excluding diaryl/α,β-unsaturated/α-hetero) is 1. The molecule has 3 aromatic heterocycles. The number of anilines is 2. The van der Waals surface area contributed by atoms with E-state index in [1.54, 1.807) is 12.3 Å². The second-order valence-electron chi connectivity index (χ2n) is 9.66. The van der Waals surface area contributed by atoms with Gasteiger partial charge in [0.05, 0.1) is 23.3 Å². The van der Waals surface area contributed by atoms with Crippen molar-refractivity contribution >= 4 is 28.2 Å². The maximum absolute atomic E-state index is 13.1. The van der Waals surface area contributed by atoms with Crippen LogP contribution in [0.1, 0.15) is 29.9 Å². The molecule has 1 fully saturated rings. The molecule has 8 heteroatoms. The Morgan fingerprint density at radius 3 is 2.61 bits per heavy atom. The number of pyridine rings is 2. The zero-order valence-corrected chi connectivity index (χ0v) is 21.0. The molecule has 0 spiro atoms. The quantitative estimate of drug-likeness (QED) is 0.395. The highest BCUT2D eigenvalue weighted by Crippen LogP contribution is 2.26. The standard InChI is InChI=1S/C28H31N7O/c1-19(2)31-25-14-23(17-29-18-25)20-4-5-26-22(12-20)13-24(32-33-26)16-27(36)21-6-7-30-28(15-21)35-10-8-34(3)9-11-35/h4-7,12-15,17-19,31H,8-11,16H2,1-3H3. The molecule has 184 valence electrons. The molecule has 5 rings (SSSR count). The maximum Gasteiger partial charge on any atom is 0.169 e. The molecule has 0 radical (unpaired) electrons. The Balaban J connectivity index is 1.35. The molecule has 4 aromatic rings. The summed E-state index contributed by atoms with van der Waals surface area (Å²) in [5.74, 6) is 0.861. The Morgan fingerprint density at radius 1 is 0.972 bits per heavy atom.